The lowest BCUT2D eigenvalue weighted by atomic mass is 10.1. The molecule has 2 aromatic heterocycles. The molecular weight excluding hydrogens is 364 g/mol. The van der Waals surface area contributed by atoms with Gasteiger partial charge in [0.15, 0.2) is 17.2 Å². The summed E-state index contributed by atoms with van der Waals surface area (Å²) in [6.45, 7) is 0. The molecule has 0 aliphatic heterocycles. The Balaban J connectivity index is 1.63. The molecule has 2 heterocycles. The van der Waals surface area contributed by atoms with Crippen molar-refractivity contribution in [3.05, 3.63) is 47.8 Å². The second-order valence-corrected chi connectivity index (χ2v) is 6.49. The average molecular weight is 380 g/mol. The van der Waals surface area contributed by atoms with Crippen molar-refractivity contribution in [2.45, 2.75) is 0 Å². The molecule has 27 heavy (non-hydrogen) atoms. The number of nitrogens with zero attached hydrogens (tertiary/aromatic N) is 3. The van der Waals surface area contributed by atoms with Gasteiger partial charge in [0.25, 0.3) is 0 Å². The van der Waals surface area contributed by atoms with Crippen LogP contribution in [0.15, 0.2) is 58.1 Å². The minimum absolute atomic E-state index is 0.0170. The van der Waals surface area contributed by atoms with Gasteiger partial charge in [0.2, 0.25) is 11.0 Å². The van der Waals surface area contributed by atoms with Crippen LogP contribution in [0.25, 0.3) is 22.2 Å². The highest BCUT2D eigenvalue weighted by Gasteiger charge is 2.11. The molecule has 0 amide bonds. The number of fused-ring (bicyclic) bond motifs is 1. The fraction of sp³-hybridized carbons (Fsp3) is 0.105. The number of H-pyrrole nitrogens is 1. The number of para-hydroxylation sites is 1. The van der Waals surface area contributed by atoms with E-state index in [1.165, 1.54) is 11.3 Å². The van der Waals surface area contributed by atoms with Crippen LogP contribution in [0.3, 0.4) is 0 Å². The Morgan fingerprint density at radius 1 is 1.04 bits per heavy atom. The third kappa shape index (κ3) is 3.22. The first-order valence-corrected chi connectivity index (χ1v) is 8.97. The number of azo groups is 1. The molecule has 0 atom stereocenters. The van der Waals surface area contributed by atoms with Gasteiger partial charge in [-0.3, -0.25) is 0 Å². The first-order valence-electron chi connectivity index (χ1n) is 8.09. The molecule has 136 valence electrons. The lowest BCUT2D eigenvalue weighted by molar-refractivity contribution is 0.355. The number of thiazole rings is 1. The molecule has 8 heteroatoms. The van der Waals surface area contributed by atoms with E-state index in [0.29, 0.717) is 22.3 Å². The lowest BCUT2D eigenvalue weighted by Gasteiger charge is -2.08. The van der Waals surface area contributed by atoms with Crippen LogP contribution in [0.5, 0.6) is 17.4 Å². The van der Waals surface area contributed by atoms with Crippen molar-refractivity contribution in [2.75, 3.05) is 14.2 Å². The summed E-state index contributed by atoms with van der Waals surface area (Å²) in [6.07, 6.45) is 0. The maximum Gasteiger partial charge on any atom is 0.230 e. The Bertz CT molecular complexity index is 1130. The summed E-state index contributed by atoms with van der Waals surface area (Å²) in [6, 6.07) is 13.1. The van der Waals surface area contributed by atoms with Gasteiger partial charge in [0.1, 0.15) is 0 Å². The topological polar surface area (TPSA) is 92.1 Å². The second kappa shape index (κ2) is 7.08. The SMILES string of the molecule is COc1ccc(-c2csc(N=Nc3c(O)[nH]c4ccccc34)n2)cc1OC. The molecule has 0 aliphatic carbocycles. The van der Waals surface area contributed by atoms with Gasteiger partial charge in [-0.15, -0.1) is 21.6 Å². The van der Waals surface area contributed by atoms with Crippen LogP contribution in [0, 0.1) is 0 Å². The minimum atomic E-state index is -0.0170. The zero-order chi connectivity index (χ0) is 18.8. The van der Waals surface area contributed by atoms with E-state index >= 15 is 0 Å². The number of aromatic amines is 1. The summed E-state index contributed by atoms with van der Waals surface area (Å²) in [5.41, 5.74) is 2.85. The lowest BCUT2D eigenvalue weighted by Crippen LogP contribution is -1.90. The Kier molecular flexibility index (Phi) is 4.47. The second-order valence-electron chi connectivity index (χ2n) is 5.65. The summed E-state index contributed by atoms with van der Waals surface area (Å²) in [7, 11) is 3.19. The Morgan fingerprint density at radius 3 is 2.67 bits per heavy atom. The number of aromatic hydroxyl groups is 1. The first kappa shape index (κ1) is 17.0. The minimum Gasteiger partial charge on any atom is -0.493 e. The number of hydrogen-bond donors (Lipinski definition) is 2. The van der Waals surface area contributed by atoms with E-state index in [-0.39, 0.29) is 5.88 Å². The van der Waals surface area contributed by atoms with Crippen molar-refractivity contribution in [3.63, 3.8) is 0 Å². The number of ether oxygens (including phenoxy) is 2. The number of methoxy groups -OCH3 is 2. The average Bonchev–Trinajstić information content (AvgIpc) is 3.29. The molecule has 0 fully saturated rings. The van der Waals surface area contributed by atoms with Crippen LogP contribution < -0.4 is 9.47 Å². The van der Waals surface area contributed by atoms with Crippen LogP contribution in [0.1, 0.15) is 0 Å². The molecule has 0 radical (unpaired) electrons. The van der Waals surface area contributed by atoms with Gasteiger partial charge >= 0.3 is 0 Å². The third-order valence-electron chi connectivity index (χ3n) is 4.07. The number of rotatable bonds is 5. The predicted octanol–water partition coefficient (Wildman–Crippen LogP) is 5.43. The highest BCUT2D eigenvalue weighted by atomic mass is 32.1. The largest absolute Gasteiger partial charge is 0.493 e. The monoisotopic (exact) mass is 380 g/mol. The van der Waals surface area contributed by atoms with E-state index in [1.807, 2.05) is 47.8 Å². The normalized spacial score (nSPS) is 11.3. The van der Waals surface area contributed by atoms with E-state index in [2.05, 4.69) is 20.2 Å². The van der Waals surface area contributed by atoms with E-state index in [4.69, 9.17) is 9.47 Å². The zero-order valence-electron chi connectivity index (χ0n) is 14.6. The van der Waals surface area contributed by atoms with Crippen molar-refractivity contribution in [1.82, 2.24) is 9.97 Å². The van der Waals surface area contributed by atoms with Crippen LogP contribution >= 0.6 is 11.3 Å². The maximum absolute atomic E-state index is 10.1. The maximum atomic E-state index is 10.1. The quantitative estimate of drug-likeness (QED) is 0.452. The third-order valence-corrected chi connectivity index (χ3v) is 4.79. The van der Waals surface area contributed by atoms with Gasteiger partial charge < -0.3 is 19.6 Å². The summed E-state index contributed by atoms with van der Waals surface area (Å²) in [4.78, 5) is 7.37. The molecule has 4 rings (SSSR count). The smallest absolute Gasteiger partial charge is 0.230 e. The first-order chi connectivity index (χ1) is 13.2. The number of benzene rings is 2. The predicted molar refractivity (Wildman–Crippen MR) is 105 cm³/mol. The fourth-order valence-corrected chi connectivity index (χ4v) is 3.39. The zero-order valence-corrected chi connectivity index (χ0v) is 15.4. The van der Waals surface area contributed by atoms with Crippen molar-refractivity contribution < 1.29 is 14.6 Å². The molecule has 0 spiro atoms. The van der Waals surface area contributed by atoms with E-state index in [9.17, 15) is 5.11 Å². The van der Waals surface area contributed by atoms with Crippen LogP contribution in [-0.2, 0) is 0 Å². The summed E-state index contributed by atoms with van der Waals surface area (Å²) >= 11 is 1.37. The number of aromatic nitrogens is 2. The van der Waals surface area contributed by atoms with Crippen molar-refractivity contribution in [1.29, 1.82) is 0 Å². The summed E-state index contributed by atoms with van der Waals surface area (Å²) < 4.78 is 10.6. The standard InChI is InChI=1S/C19H16N4O3S/c1-25-15-8-7-11(9-16(15)26-2)14-10-27-19(21-14)23-22-17-12-5-3-4-6-13(12)20-18(17)24/h3-10,20,24H,1-2H3. The molecule has 0 saturated carbocycles. The summed E-state index contributed by atoms with van der Waals surface area (Å²) in [5, 5.41) is 21.6. The Morgan fingerprint density at radius 2 is 1.85 bits per heavy atom. The molecule has 0 aliphatic rings. The van der Waals surface area contributed by atoms with E-state index < -0.39 is 0 Å². The Labute approximate surface area is 158 Å². The van der Waals surface area contributed by atoms with Crippen LogP contribution in [-0.4, -0.2) is 29.3 Å². The highest BCUT2D eigenvalue weighted by molar-refractivity contribution is 7.13. The van der Waals surface area contributed by atoms with E-state index in [1.54, 1.807) is 14.2 Å². The molecule has 7 nitrogen and oxygen atoms in total. The fourth-order valence-electron chi connectivity index (χ4n) is 2.75. The van der Waals surface area contributed by atoms with Gasteiger partial charge in [-0.05, 0) is 24.3 Å². The summed E-state index contributed by atoms with van der Waals surface area (Å²) in [5.74, 6) is 1.28. The van der Waals surface area contributed by atoms with Gasteiger partial charge in [-0.25, -0.2) is 4.98 Å². The van der Waals surface area contributed by atoms with Crippen LogP contribution in [0.4, 0.5) is 10.8 Å². The number of nitrogens with one attached hydrogen (secondary N) is 1. The van der Waals surface area contributed by atoms with Gasteiger partial charge in [-0.1, -0.05) is 18.2 Å². The molecule has 0 bridgehead atoms. The molecule has 4 aromatic rings. The molecule has 2 aromatic carbocycles. The van der Waals surface area contributed by atoms with Crippen molar-refractivity contribution in [2.24, 2.45) is 10.2 Å². The van der Waals surface area contributed by atoms with Crippen LogP contribution in [0.2, 0.25) is 0 Å². The van der Waals surface area contributed by atoms with Gasteiger partial charge in [0, 0.05) is 16.3 Å². The van der Waals surface area contributed by atoms with Crippen molar-refractivity contribution in [3.8, 4) is 28.6 Å². The molecule has 0 saturated heterocycles. The Hall–Kier alpha value is -3.39. The highest BCUT2D eigenvalue weighted by Crippen LogP contribution is 2.37. The number of hydrogen-bond acceptors (Lipinski definition) is 7. The van der Waals surface area contributed by atoms with Gasteiger partial charge in [0.05, 0.1) is 25.4 Å². The molecular formula is C19H16N4O3S. The van der Waals surface area contributed by atoms with E-state index in [0.717, 1.165) is 22.2 Å². The van der Waals surface area contributed by atoms with Crippen molar-refractivity contribution >= 4 is 33.1 Å². The molecule has 2 N–H and O–H groups in total. The molecule has 0 unspecified atom stereocenters. The van der Waals surface area contributed by atoms with Gasteiger partial charge in [-0.2, -0.15) is 0 Å².